The van der Waals surface area contributed by atoms with Gasteiger partial charge in [0.1, 0.15) is 5.69 Å². The molecule has 2 N–H and O–H groups in total. The van der Waals surface area contributed by atoms with E-state index in [2.05, 4.69) is 21.2 Å². The SMILES string of the molecule is O=[N+]([O-])c1ccc(Br)cc1NC(CO)c1ccccc1. The van der Waals surface area contributed by atoms with E-state index in [1.54, 1.807) is 12.1 Å². The number of aliphatic hydroxyl groups is 1. The van der Waals surface area contributed by atoms with Crippen LogP contribution >= 0.6 is 15.9 Å². The van der Waals surface area contributed by atoms with Gasteiger partial charge in [0.2, 0.25) is 0 Å². The lowest BCUT2D eigenvalue weighted by molar-refractivity contribution is -0.384. The van der Waals surface area contributed by atoms with Gasteiger partial charge >= 0.3 is 0 Å². The number of nitrogens with zero attached hydrogens (tertiary/aromatic N) is 1. The molecule has 5 nitrogen and oxygen atoms in total. The predicted octanol–water partition coefficient (Wildman–Crippen LogP) is 3.50. The molecule has 0 bridgehead atoms. The second-order valence-electron chi connectivity index (χ2n) is 4.21. The van der Waals surface area contributed by atoms with Crippen molar-refractivity contribution in [3.05, 3.63) is 68.7 Å². The van der Waals surface area contributed by atoms with Gasteiger partial charge in [-0.1, -0.05) is 46.3 Å². The molecule has 0 saturated heterocycles. The largest absolute Gasteiger partial charge is 0.394 e. The summed E-state index contributed by atoms with van der Waals surface area (Å²) >= 11 is 3.29. The Bertz CT molecular complexity index is 605. The van der Waals surface area contributed by atoms with Gasteiger partial charge in [-0.3, -0.25) is 10.1 Å². The summed E-state index contributed by atoms with van der Waals surface area (Å²) in [5.41, 5.74) is 1.21. The maximum atomic E-state index is 11.0. The average Bonchev–Trinajstić information content (AvgIpc) is 2.45. The van der Waals surface area contributed by atoms with Crippen LogP contribution in [0.15, 0.2) is 53.0 Å². The molecule has 0 aliphatic heterocycles. The first-order valence-electron chi connectivity index (χ1n) is 5.98. The summed E-state index contributed by atoms with van der Waals surface area (Å²) in [7, 11) is 0. The van der Waals surface area contributed by atoms with Crippen LogP contribution in [0.1, 0.15) is 11.6 Å². The molecule has 0 saturated carbocycles. The van der Waals surface area contributed by atoms with E-state index in [1.807, 2.05) is 30.3 Å². The molecule has 0 spiro atoms. The van der Waals surface area contributed by atoms with Crippen molar-refractivity contribution in [2.45, 2.75) is 6.04 Å². The Balaban J connectivity index is 2.32. The van der Waals surface area contributed by atoms with Gasteiger partial charge in [-0.05, 0) is 17.7 Å². The fourth-order valence-electron chi connectivity index (χ4n) is 1.89. The van der Waals surface area contributed by atoms with Crippen LogP contribution in [0.4, 0.5) is 11.4 Å². The van der Waals surface area contributed by atoms with E-state index in [9.17, 15) is 15.2 Å². The topological polar surface area (TPSA) is 75.4 Å². The minimum Gasteiger partial charge on any atom is -0.394 e. The van der Waals surface area contributed by atoms with Gasteiger partial charge in [0.15, 0.2) is 0 Å². The molecule has 1 unspecified atom stereocenters. The Hall–Kier alpha value is -1.92. The molecule has 0 amide bonds. The lowest BCUT2D eigenvalue weighted by Crippen LogP contribution is -2.15. The van der Waals surface area contributed by atoms with Crippen LogP contribution in [0.2, 0.25) is 0 Å². The third kappa shape index (κ3) is 3.34. The van der Waals surface area contributed by atoms with Crippen LogP contribution in [-0.4, -0.2) is 16.6 Å². The zero-order valence-corrected chi connectivity index (χ0v) is 12.1. The van der Waals surface area contributed by atoms with E-state index < -0.39 is 11.0 Å². The maximum Gasteiger partial charge on any atom is 0.292 e. The standard InChI is InChI=1S/C14H13BrN2O3/c15-11-6-7-14(17(19)20)12(8-11)16-13(9-18)10-4-2-1-3-5-10/h1-8,13,16,18H,9H2. The second kappa shape index (κ2) is 6.49. The number of halogens is 1. The molecule has 104 valence electrons. The Morgan fingerprint density at radius 1 is 1.25 bits per heavy atom. The van der Waals surface area contributed by atoms with E-state index in [-0.39, 0.29) is 12.3 Å². The Labute approximate surface area is 124 Å². The van der Waals surface area contributed by atoms with E-state index >= 15 is 0 Å². The molecule has 2 aromatic rings. The first-order chi connectivity index (χ1) is 9.61. The summed E-state index contributed by atoms with van der Waals surface area (Å²) in [6.45, 7) is -0.159. The Morgan fingerprint density at radius 2 is 1.95 bits per heavy atom. The number of nitrogens with one attached hydrogen (secondary N) is 1. The van der Waals surface area contributed by atoms with Crippen molar-refractivity contribution in [1.29, 1.82) is 0 Å². The first-order valence-corrected chi connectivity index (χ1v) is 6.77. The number of rotatable bonds is 5. The zero-order chi connectivity index (χ0) is 14.5. The molecule has 0 fully saturated rings. The third-order valence-corrected chi connectivity index (χ3v) is 3.36. The van der Waals surface area contributed by atoms with Crippen LogP contribution in [0, 0.1) is 10.1 Å². The van der Waals surface area contributed by atoms with Gasteiger partial charge in [-0.2, -0.15) is 0 Å². The van der Waals surface area contributed by atoms with E-state index in [0.717, 1.165) is 10.0 Å². The molecule has 0 heterocycles. The fraction of sp³-hybridized carbons (Fsp3) is 0.143. The number of hydrogen-bond acceptors (Lipinski definition) is 4. The molecule has 0 aliphatic rings. The van der Waals surface area contributed by atoms with Crippen molar-refractivity contribution < 1.29 is 10.0 Å². The number of aliphatic hydroxyl groups excluding tert-OH is 1. The molecular weight excluding hydrogens is 324 g/mol. The molecule has 0 aromatic heterocycles. The predicted molar refractivity (Wildman–Crippen MR) is 80.7 cm³/mol. The fourth-order valence-corrected chi connectivity index (χ4v) is 2.25. The summed E-state index contributed by atoms with van der Waals surface area (Å²) in [6, 6.07) is 13.6. The highest BCUT2D eigenvalue weighted by molar-refractivity contribution is 9.10. The minimum absolute atomic E-state index is 0.0254. The molecule has 0 aliphatic carbocycles. The summed E-state index contributed by atoms with van der Waals surface area (Å²) in [6.07, 6.45) is 0. The van der Waals surface area contributed by atoms with Crippen LogP contribution in [0.5, 0.6) is 0 Å². The summed E-state index contributed by atoms with van der Waals surface area (Å²) in [4.78, 5) is 10.6. The van der Waals surface area contributed by atoms with Crippen molar-refractivity contribution >= 4 is 27.3 Å². The van der Waals surface area contributed by atoms with Crippen LogP contribution in [0.25, 0.3) is 0 Å². The molecule has 1 atom stereocenters. The van der Waals surface area contributed by atoms with Gasteiger partial charge in [0.25, 0.3) is 5.69 Å². The minimum atomic E-state index is -0.450. The quantitative estimate of drug-likeness (QED) is 0.647. The van der Waals surface area contributed by atoms with Gasteiger partial charge in [0, 0.05) is 10.5 Å². The van der Waals surface area contributed by atoms with Crippen LogP contribution in [-0.2, 0) is 0 Å². The van der Waals surface area contributed by atoms with E-state index in [0.29, 0.717) is 5.69 Å². The maximum absolute atomic E-state index is 11.0. The first kappa shape index (κ1) is 14.5. The normalized spacial score (nSPS) is 11.9. The molecular formula is C14H13BrN2O3. The highest BCUT2D eigenvalue weighted by atomic mass is 79.9. The third-order valence-electron chi connectivity index (χ3n) is 2.87. The lowest BCUT2D eigenvalue weighted by atomic mass is 10.1. The Kier molecular flexibility index (Phi) is 4.70. The Morgan fingerprint density at radius 3 is 2.55 bits per heavy atom. The lowest BCUT2D eigenvalue weighted by Gasteiger charge is -2.18. The summed E-state index contributed by atoms with van der Waals surface area (Å²) < 4.78 is 0.732. The number of nitro benzene ring substituents is 1. The second-order valence-corrected chi connectivity index (χ2v) is 5.12. The molecule has 20 heavy (non-hydrogen) atoms. The highest BCUT2D eigenvalue weighted by Gasteiger charge is 2.18. The van der Waals surface area contributed by atoms with Crippen molar-refractivity contribution in [3.8, 4) is 0 Å². The smallest absolute Gasteiger partial charge is 0.292 e. The van der Waals surface area contributed by atoms with Gasteiger partial charge in [-0.25, -0.2) is 0 Å². The number of anilines is 1. The zero-order valence-electron chi connectivity index (χ0n) is 10.5. The summed E-state index contributed by atoms with van der Waals surface area (Å²) in [5.74, 6) is 0. The van der Waals surface area contributed by atoms with Crippen LogP contribution in [0.3, 0.4) is 0 Å². The van der Waals surface area contributed by atoms with E-state index in [4.69, 9.17) is 0 Å². The van der Waals surface area contributed by atoms with Crippen LogP contribution < -0.4 is 5.32 Å². The molecule has 2 aromatic carbocycles. The van der Waals surface area contributed by atoms with Crippen molar-refractivity contribution in [2.24, 2.45) is 0 Å². The molecule has 6 heteroatoms. The van der Waals surface area contributed by atoms with Gasteiger partial charge in [0.05, 0.1) is 17.6 Å². The average molecular weight is 337 g/mol. The number of hydrogen-bond donors (Lipinski definition) is 2. The molecule has 0 radical (unpaired) electrons. The van der Waals surface area contributed by atoms with Gasteiger partial charge < -0.3 is 10.4 Å². The number of benzene rings is 2. The van der Waals surface area contributed by atoms with Gasteiger partial charge in [-0.15, -0.1) is 0 Å². The van der Waals surface area contributed by atoms with Crippen molar-refractivity contribution in [3.63, 3.8) is 0 Å². The highest BCUT2D eigenvalue weighted by Crippen LogP contribution is 2.30. The monoisotopic (exact) mass is 336 g/mol. The van der Waals surface area contributed by atoms with E-state index in [1.165, 1.54) is 6.07 Å². The van der Waals surface area contributed by atoms with Crippen molar-refractivity contribution in [1.82, 2.24) is 0 Å². The molecule has 2 rings (SSSR count). The number of nitro groups is 1. The van der Waals surface area contributed by atoms with Crippen molar-refractivity contribution in [2.75, 3.05) is 11.9 Å². The summed E-state index contributed by atoms with van der Waals surface area (Å²) in [5, 5.41) is 23.5.